The molecule has 0 fully saturated rings. The zero-order valence-corrected chi connectivity index (χ0v) is 24.2. The van der Waals surface area contributed by atoms with Gasteiger partial charge in [-0.25, -0.2) is 15.0 Å². The average molecular weight is 579 g/mol. The molecular weight excluding hydrogens is 552 g/mol. The smallest absolute Gasteiger partial charge is 0.164 e. The topological polar surface area (TPSA) is 60.8 Å². The molecule has 0 bridgehead atoms. The summed E-state index contributed by atoms with van der Waals surface area (Å²) in [4.78, 5) is 19.8. The maximum Gasteiger partial charge on any atom is 0.164 e. The molecule has 2 unspecified atom stereocenters. The third-order valence-electron chi connectivity index (χ3n) is 8.67. The molecular formula is C40H26N4O. The monoisotopic (exact) mass is 578 g/mol. The highest BCUT2D eigenvalue weighted by atomic mass is 16.5. The molecule has 0 spiro atoms. The first-order valence-electron chi connectivity index (χ1n) is 15.1. The van der Waals surface area contributed by atoms with Gasteiger partial charge in [-0.2, -0.15) is 0 Å². The molecule has 212 valence electrons. The summed E-state index contributed by atoms with van der Waals surface area (Å²) >= 11 is 0. The minimum atomic E-state index is -0.169. The molecule has 1 aliphatic heterocycles. The van der Waals surface area contributed by atoms with Crippen LogP contribution in [-0.4, -0.2) is 26.0 Å². The first kappa shape index (κ1) is 25.5. The van der Waals surface area contributed by atoms with E-state index in [1.165, 1.54) is 10.8 Å². The van der Waals surface area contributed by atoms with Gasteiger partial charge >= 0.3 is 0 Å². The lowest BCUT2D eigenvalue weighted by atomic mass is 9.86. The fraction of sp³-hybridized carbons (Fsp3) is 0.0500. The van der Waals surface area contributed by atoms with Gasteiger partial charge in [0.05, 0.1) is 5.35 Å². The Morgan fingerprint density at radius 3 is 1.96 bits per heavy atom. The minimum Gasteiger partial charge on any atom is -0.485 e. The average Bonchev–Trinajstić information content (AvgIpc) is 3.47. The zero-order valence-electron chi connectivity index (χ0n) is 24.2. The Morgan fingerprint density at radius 2 is 1.20 bits per heavy atom. The summed E-state index contributed by atoms with van der Waals surface area (Å²) < 4.78 is 6.71. The van der Waals surface area contributed by atoms with Gasteiger partial charge in [-0.3, -0.25) is 4.98 Å². The van der Waals surface area contributed by atoms with E-state index in [2.05, 4.69) is 77.8 Å². The van der Waals surface area contributed by atoms with Gasteiger partial charge in [-0.15, -0.1) is 0 Å². The van der Waals surface area contributed by atoms with Crippen LogP contribution in [0.2, 0.25) is 0 Å². The van der Waals surface area contributed by atoms with Gasteiger partial charge in [0, 0.05) is 34.4 Å². The van der Waals surface area contributed by atoms with Crippen LogP contribution in [0, 0.1) is 0 Å². The Balaban J connectivity index is 1.31. The van der Waals surface area contributed by atoms with Crippen LogP contribution in [0.1, 0.15) is 11.5 Å². The van der Waals surface area contributed by atoms with Crippen LogP contribution in [0.4, 0.5) is 0 Å². The molecule has 0 amide bonds. The Bertz CT molecular complexity index is 2310. The van der Waals surface area contributed by atoms with Crippen LogP contribution in [0.3, 0.4) is 0 Å². The number of rotatable bonds is 4. The number of fused-ring (bicyclic) bond motifs is 5. The van der Waals surface area contributed by atoms with Gasteiger partial charge < -0.3 is 4.74 Å². The first-order chi connectivity index (χ1) is 22.3. The molecule has 5 aromatic carbocycles. The number of hydrogen-bond acceptors (Lipinski definition) is 5. The van der Waals surface area contributed by atoms with Gasteiger partial charge in [0.2, 0.25) is 0 Å². The van der Waals surface area contributed by atoms with E-state index in [1.54, 1.807) is 0 Å². The minimum absolute atomic E-state index is 0.00512. The number of aromatic nitrogens is 4. The van der Waals surface area contributed by atoms with Crippen molar-refractivity contribution < 1.29 is 4.74 Å². The second kappa shape index (κ2) is 10.4. The Kier molecular flexibility index (Phi) is 5.88. The molecule has 7 aromatic rings. The predicted molar refractivity (Wildman–Crippen MR) is 179 cm³/mol. The fourth-order valence-corrected chi connectivity index (χ4v) is 6.48. The highest BCUT2D eigenvalue weighted by molar-refractivity contribution is 5.89. The van der Waals surface area contributed by atoms with Crippen LogP contribution in [0.15, 0.2) is 134 Å². The molecule has 1 aliphatic carbocycles. The van der Waals surface area contributed by atoms with Crippen molar-refractivity contribution in [2.45, 2.75) is 12.0 Å². The van der Waals surface area contributed by atoms with Crippen LogP contribution >= 0.6 is 0 Å². The number of benzene rings is 5. The van der Waals surface area contributed by atoms with Gasteiger partial charge in [0.15, 0.2) is 17.5 Å². The molecule has 2 aromatic heterocycles. The van der Waals surface area contributed by atoms with E-state index in [4.69, 9.17) is 19.7 Å². The van der Waals surface area contributed by atoms with Crippen molar-refractivity contribution in [1.29, 1.82) is 0 Å². The molecule has 9 rings (SSSR count). The molecule has 0 saturated carbocycles. The summed E-state index contributed by atoms with van der Waals surface area (Å²) in [5.41, 5.74) is 6.05. The second-order valence-electron chi connectivity index (χ2n) is 11.5. The van der Waals surface area contributed by atoms with Gasteiger partial charge in [0.25, 0.3) is 0 Å². The normalized spacial score (nSPS) is 16.1. The molecule has 45 heavy (non-hydrogen) atoms. The maximum absolute atomic E-state index is 6.71. The Labute approximate surface area is 259 Å². The number of ether oxygens (including phenoxy) is 1. The molecule has 5 heteroatoms. The van der Waals surface area contributed by atoms with E-state index in [9.17, 15) is 0 Å². The van der Waals surface area contributed by atoms with Crippen molar-refractivity contribution in [2.75, 3.05) is 0 Å². The molecule has 3 heterocycles. The molecule has 0 radical (unpaired) electrons. The highest BCUT2D eigenvalue weighted by Crippen LogP contribution is 2.48. The van der Waals surface area contributed by atoms with E-state index in [0.717, 1.165) is 49.7 Å². The predicted octanol–water partition coefficient (Wildman–Crippen LogP) is 7.21. The summed E-state index contributed by atoms with van der Waals surface area (Å²) in [6.45, 7) is 0. The van der Waals surface area contributed by atoms with Crippen molar-refractivity contribution in [1.82, 2.24) is 19.9 Å². The summed E-state index contributed by atoms with van der Waals surface area (Å²) in [7, 11) is 0. The quantitative estimate of drug-likeness (QED) is 0.221. The molecule has 5 nitrogen and oxygen atoms in total. The van der Waals surface area contributed by atoms with Crippen LogP contribution in [0.25, 0.3) is 68.2 Å². The van der Waals surface area contributed by atoms with E-state index >= 15 is 0 Å². The van der Waals surface area contributed by atoms with E-state index in [0.29, 0.717) is 17.5 Å². The lowest BCUT2D eigenvalue weighted by Crippen LogP contribution is -2.36. The first-order valence-corrected chi connectivity index (χ1v) is 15.1. The Morgan fingerprint density at radius 1 is 0.511 bits per heavy atom. The van der Waals surface area contributed by atoms with E-state index in [1.807, 2.05) is 72.9 Å². The molecule has 2 atom stereocenters. The maximum atomic E-state index is 6.71. The molecule has 2 aliphatic rings. The third kappa shape index (κ3) is 4.48. The summed E-state index contributed by atoms with van der Waals surface area (Å²) in [6.07, 6.45) is 6.07. The standard InChI is InChI=1S/C40H26N4O/c1-3-11-26(12-4-1)38-42-39(27-13-5-2-6-14-27)44-40(43-38)33-22-31(29-18-17-25-10-7-8-15-28(25)20-29)23-36-37(33)32-21-30-16-9-19-41-34(30)24-35(32)45-36/h1-24,32,35H. The number of hydrogen-bond donors (Lipinski definition) is 0. The Hall–Kier alpha value is -5.94. The van der Waals surface area contributed by atoms with E-state index < -0.39 is 0 Å². The van der Waals surface area contributed by atoms with Gasteiger partial charge in [-0.1, -0.05) is 109 Å². The number of pyridine rings is 1. The lowest BCUT2D eigenvalue weighted by molar-refractivity contribution is 0.288. The summed E-state index contributed by atoms with van der Waals surface area (Å²) in [5, 5.41) is 4.44. The van der Waals surface area contributed by atoms with Crippen molar-refractivity contribution in [3.63, 3.8) is 0 Å². The molecule has 0 saturated heterocycles. The van der Waals surface area contributed by atoms with Crippen LogP contribution in [0.5, 0.6) is 5.75 Å². The van der Waals surface area contributed by atoms with Crippen molar-refractivity contribution in [3.8, 4) is 51.0 Å². The SMILES string of the molecule is C1=c2cccnc2=CC2Oc3cc(-c4ccc5ccccc5c4)cc(-c4nc(-c5ccccc5)nc(-c5ccccc5)n4)c3C12. The van der Waals surface area contributed by atoms with E-state index in [-0.39, 0.29) is 12.0 Å². The fourth-order valence-electron chi connectivity index (χ4n) is 6.48. The summed E-state index contributed by atoms with van der Waals surface area (Å²) in [6, 6.07) is 43.7. The largest absolute Gasteiger partial charge is 0.485 e. The van der Waals surface area contributed by atoms with Crippen molar-refractivity contribution >= 4 is 22.9 Å². The van der Waals surface area contributed by atoms with Crippen molar-refractivity contribution in [3.05, 3.63) is 150 Å². The van der Waals surface area contributed by atoms with Crippen molar-refractivity contribution in [2.24, 2.45) is 0 Å². The second-order valence-corrected chi connectivity index (χ2v) is 11.5. The summed E-state index contributed by atoms with van der Waals surface area (Å²) in [5.74, 6) is 2.72. The lowest BCUT2D eigenvalue weighted by Gasteiger charge is -2.17. The van der Waals surface area contributed by atoms with Gasteiger partial charge in [-0.05, 0) is 57.5 Å². The third-order valence-corrected chi connectivity index (χ3v) is 8.67. The zero-order chi connectivity index (χ0) is 29.7. The number of nitrogens with zero attached hydrogens (tertiary/aromatic N) is 4. The van der Waals surface area contributed by atoms with Crippen LogP contribution < -0.4 is 15.3 Å². The van der Waals surface area contributed by atoms with Gasteiger partial charge in [0.1, 0.15) is 11.9 Å². The highest BCUT2D eigenvalue weighted by Gasteiger charge is 2.37. The molecule has 0 N–H and O–H groups in total. The van der Waals surface area contributed by atoms with Crippen LogP contribution in [-0.2, 0) is 0 Å².